The fraction of sp³-hybridized carbons (Fsp3) is 0.300. The van der Waals surface area contributed by atoms with E-state index in [1.165, 1.54) is 0 Å². The van der Waals surface area contributed by atoms with Gasteiger partial charge in [0, 0.05) is 18.7 Å². The van der Waals surface area contributed by atoms with Gasteiger partial charge in [-0.15, -0.1) is 0 Å². The molecule has 20 heavy (non-hydrogen) atoms. The van der Waals surface area contributed by atoms with Crippen LogP contribution in [0.1, 0.15) is 10.4 Å². The Morgan fingerprint density at radius 3 is 2.55 bits per heavy atom. The van der Waals surface area contributed by atoms with E-state index in [1.807, 2.05) is 5.32 Å². The lowest BCUT2D eigenvalue weighted by Gasteiger charge is -2.11. The second kappa shape index (κ2) is 6.78. The van der Waals surface area contributed by atoms with E-state index < -0.39 is 35.6 Å². The summed E-state index contributed by atoms with van der Waals surface area (Å²) >= 11 is 11.4. The third kappa shape index (κ3) is 3.99. The van der Waals surface area contributed by atoms with Gasteiger partial charge >= 0.3 is 0 Å². The number of carbonyl (C=O) groups is 1. The molecule has 0 fully saturated rings. The molecule has 0 aliphatic carbocycles. The molecule has 0 bridgehead atoms. The van der Waals surface area contributed by atoms with Gasteiger partial charge in [-0.3, -0.25) is 14.9 Å². The van der Waals surface area contributed by atoms with Crippen LogP contribution in [-0.2, 0) is 0 Å². The first-order chi connectivity index (χ1) is 9.23. The van der Waals surface area contributed by atoms with E-state index in [2.05, 4.69) is 0 Å². The van der Waals surface area contributed by atoms with Crippen LogP contribution in [0.3, 0.4) is 0 Å². The van der Waals surface area contributed by atoms with Gasteiger partial charge in [-0.2, -0.15) is 0 Å². The largest absolute Gasteiger partial charge is 0.385 e. The van der Waals surface area contributed by atoms with Gasteiger partial charge in [-0.25, -0.2) is 8.78 Å². The highest BCUT2D eigenvalue weighted by Gasteiger charge is 2.22. The Hall–Kier alpha value is -1.51. The average Bonchev–Trinajstić information content (AvgIpc) is 2.37. The third-order valence-electron chi connectivity index (χ3n) is 2.23. The number of non-ortho nitro benzene ring substituents is 1. The van der Waals surface area contributed by atoms with E-state index in [0.717, 1.165) is 12.1 Å². The highest BCUT2D eigenvalue weighted by molar-refractivity contribution is 6.44. The molecule has 0 aliphatic heterocycles. The van der Waals surface area contributed by atoms with Crippen LogP contribution in [0.5, 0.6) is 0 Å². The fourth-order valence-electron chi connectivity index (χ4n) is 1.23. The lowest BCUT2D eigenvalue weighted by atomic mass is 10.2. The molecule has 6 nitrogen and oxygen atoms in total. The first kappa shape index (κ1) is 16.5. The fourth-order valence-corrected chi connectivity index (χ4v) is 1.64. The first-order valence-electron chi connectivity index (χ1n) is 5.12. The number of nitro groups is 1. The van der Waals surface area contributed by atoms with E-state index >= 15 is 0 Å². The van der Waals surface area contributed by atoms with Crippen LogP contribution in [0.2, 0.25) is 10.0 Å². The van der Waals surface area contributed by atoms with Gasteiger partial charge in [0.25, 0.3) is 18.0 Å². The summed E-state index contributed by atoms with van der Waals surface area (Å²) in [4.78, 5) is 21.5. The SMILES string of the molecule is O=C(NCC(O)C(F)F)c1cc([N+](=O)[O-])cc(Cl)c1Cl. The lowest BCUT2D eigenvalue weighted by Crippen LogP contribution is -2.36. The molecule has 1 aromatic carbocycles. The van der Waals surface area contributed by atoms with Crippen molar-refractivity contribution in [3.8, 4) is 0 Å². The molecule has 1 atom stereocenters. The lowest BCUT2D eigenvalue weighted by molar-refractivity contribution is -0.384. The standard InChI is InChI=1S/C10H8Cl2F2N2O4/c11-6-2-4(16(19)20)1-5(8(6)12)10(18)15-3-7(17)9(13)14/h1-2,7,9,17H,3H2,(H,15,18). The van der Waals surface area contributed by atoms with Crippen molar-refractivity contribution in [2.45, 2.75) is 12.5 Å². The number of rotatable bonds is 5. The predicted molar refractivity (Wildman–Crippen MR) is 67.5 cm³/mol. The maximum absolute atomic E-state index is 12.1. The van der Waals surface area contributed by atoms with Crippen LogP contribution >= 0.6 is 23.2 Å². The van der Waals surface area contributed by atoms with Gasteiger partial charge in [-0.05, 0) is 0 Å². The van der Waals surface area contributed by atoms with Crippen LogP contribution < -0.4 is 5.32 Å². The maximum Gasteiger partial charge on any atom is 0.271 e. The van der Waals surface area contributed by atoms with Crippen molar-refractivity contribution in [2.24, 2.45) is 0 Å². The number of nitrogens with one attached hydrogen (secondary N) is 1. The van der Waals surface area contributed by atoms with Crippen LogP contribution in [0.4, 0.5) is 14.5 Å². The molecular weight excluding hydrogens is 321 g/mol. The number of aliphatic hydroxyl groups is 1. The molecule has 0 heterocycles. The summed E-state index contributed by atoms with van der Waals surface area (Å²) in [6.07, 6.45) is -5.08. The Bertz CT molecular complexity index is 542. The number of alkyl halides is 2. The van der Waals surface area contributed by atoms with Gasteiger partial charge in [-0.1, -0.05) is 23.2 Å². The molecule has 0 saturated carbocycles. The zero-order chi connectivity index (χ0) is 15.4. The Kier molecular flexibility index (Phi) is 5.61. The van der Waals surface area contributed by atoms with E-state index in [9.17, 15) is 23.7 Å². The third-order valence-corrected chi connectivity index (χ3v) is 3.03. The quantitative estimate of drug-likeness (QED) is 0.640. The number of nitro benzene ring substituents is 1. The first-order valence-corrected chi connectivity index (χ1v) is 5.87. The van der Waals surface area contributed by atoms with Crippen molar-refractivity contribution in [2.75, 3.05) is 6.54 Å². The molecular formula is C10H8Cl2F2N2O4. The minimum Gasteiger partial charge on any atom is -0.385 e. The smallest absolute Gasteiger partial charge is 0.271 e. The van der Waals surface area contributed by atoms with Crippen molar-refractivity contribution in [3.63, 3.8) is 0 Å². The van der Waals surface area contributed by atoms with Crippen LogP contribution in [0.25, 0.3) is 0 Å². The van der Waals surface area contributed by atoms with Crippen molar-refractivity contribution < 1.29 is 23.6 Å². The zero-order valence-electron chi connectivity index (χ0n) is 9.65. The predicted octanol–water partition coefficient (Wildman–Crippen LogP) is 2.26. The minimum atomic E-state index is -3.03. The average molecular weight is 329 g/mol. The van der Waals surface area contributed by atoms with Gasteiger partial charge in [0.1, 0.15) is 6.10 Å². The molecule has 2 N–H and O–H groups in total. The summed E-state index contributed by atoms with van der Waals surface area (Å²) in [6, 6.07) is 1.81. The second-order valence-corrected chi connectivity index (χ2v) is 4.44. The molecule has 1 amide bonds. The van der Waals surface area contributed by atoms with Gasteiger partial charge in [0.05, 0.1) is 20.5 Å². The number of hydrogen-bond donors (Lipinski definition) is 2. The van der Waals surface area contributed by atoms with Crippen LogP contribution in [0.15, 0.2) is 12.1 Å². The van der Waals surface area contributed by atoms with Gasteiger partial charge in [0.15, 0.2) is 0 Å². The summed E-state index contributed by atoms with van der Waals surface area (Å²) in [5, 5.41) is 21.0. The Morgan fingerprint density at radius 1 is 1.45 bits per heavy atom. The van der Waals surface area contributed by atoms with E-state index in [0.29, 0.717) is 0 Å². The van der Waals surface area contributed by atoms with E-state index in [4.69, 9.17) is 28.3 Å². The highest BCUT2D eigenvalue weighted by Crippen LogP contribution is 2.30. The van der Waals surface area contributed by atoms with Crippen molar-refractivity contribution in [3.05, 3.63) is 37.9 Å². The second-order valence-electron chi connectivity index (χ2n) is 3.66. The van der Waals surface area contributed by atoms with Crippen molar-refractivity contribution in [1.29, 1.82) is 0 Å². The molecule has 110 valence electrons. The van der Waals surface area contributed by atoms with Crippen LogP contribution in [-0.4, -0.2) is 35.0 Å². The molecule has 0 spiro atoms. The number of hydrogen-bond acceptors (Lipinski definition) is 4. The normalized spacial score (nSPS) is 12.3. The highest BCUT2D eigenvalue weighted by atomic mass is 35.5. The molecule has 1 rings (SSSR count). The number of nitrogens with zero attached hydrogens (tertiary/aromatic N) is 1. The number of carbonyl (C=O) groups excluding carboxylic acids is 1. The molecule has 1 aromatic rings. The summed E-state index contributed by atoms with van der Waals surface area (Å²) in [6.45, 7) is -0.729. The molecule has 0 saturated heterocycles. The summed E-state index contributed by atoms with van der Waals surface area (Å²) in [5.74, 6) is -0.958. The van der Waals surface area contributed by atoms with E-state index in [-0.39, 0.29) is 15.6 Å². The topological polar surface area (TPSA) is 92.5 Å². The maximum atomic E-state index is 12.1. The monoisotopic (exact) mass is 328 g/mol. The van der Waals surface area contributed by atoms with Gasteiger partial charge < -0.3 is 10.4 Å². The Morgan fingerprint density at radius 2 is 2.05 bits per heavy atom. The zero-order valence-corrected chi connectivity index (χ0v) is 11.2. The number of amides is 1. The molecule has 0 aliphatic rings. The Balaban J connectivity index is 2.95. The van der Waals surface area contributed by atoms with E-state index in [1.54, 1.807) is 0 Å². The summed E-state index contributed by atoms with van der Waals surface area (Å²) in [7, 11) is 0. The van der Waals surface area contributed by atoms with Crippen molar-refractivity contribution >= 4 is 34.8 Å². The Labute approximate surface area is 121 Å². The number of aliphatic hydroxyl groups excluding tert-OH is 1. The summed E-state index contributed by atoms with van der Waals surface area (Å²) < 4.78 is 24.1. The molecule has 0 aromatic heterocycles. The number of benzene rings is 1. The summed E-state index contributed by atoms with van der Waals surface area (Å²) in [5.41, 5.74) is -0.814. The number of halogens is 4. The molecule has 1 unspecified atom stereocenters. The molecule has 10 heteroatoms. The van der Waals surface area contributed by atoms with Crippen molar-refractivity contribution in [1.82, 2.24) is 5.32 Å². The minimum absolute atomic E-state index is 0.222. The van der Waals surface area contributed by atoms with Gasteiger partial charge in [0.2, 0.25) is 0 Å². The van der Waals surface area contributed by atoms with Crippen LogP contribution in [0, 0.1) is 10.1 Å². The molecule has 0 radical (unpaired) electrons.